The summed E-state index contributed by atoms with van der Waals surface area (Å²) < 4.78 is 15.4. The van der Waals surface area contributed by atoms with E-state index in [4.69, 9.17) is 13.9 Å². The fourth-order valence-corrected chi connectivity index (χ4v) is 2.39. The van der Waals surface area contributed by atoms with Crippen molar-refractivity contribution in [2.45, 2.75) is 0 Å². The van der Waals surface area contributed by atoms with Crippen LogP contribution >= 0.6 is 0 Å². The molecule has 0 amide bonds. The highest BCUT2D eigenvalue weighted by molar-refractivity contribution is 5.66. The molecule has 138 valence electrons. The molecule has 0 aliphatic heterocycles. The van der Waals surface area contributed by atoms with E-state index in [1.54, 1.807) is 0 Å². The van der Waals surface area contributed by atoms with Crippen LogP contribution < -0.4 is 9.47 Å². The number of nitro benzene ring substituents is 2. The van der Waals surface area contributed by atoms with E-state index in [1.807, 2.05) is 0 Å². The highest BCUT2D eigenvalue weighted by Gasteiger charge is 2.21. The lowest BCUT2D eigenvalue weighted by Crippen LogP contribution is -1.94. The average Bonchev–Trinajstić information content (AvgIpc) is 3.17. The van der Waals surface area contributed by atoms with Crippen LogP contribution in [-0.4, -0.2) is 34.3 Å². The van der Waals surface area contributed by atoms with Crippen molar-refractivity contribution in [1.82, 2.24) is 10.2 Å². The van der Waals surface area contributed by atoms with Crippen LogP contribution in [0.25, 0.3) is 22.9 Å². The Morgan fingerprint density at radius 2 is 1.22 bits per heavy atom. The van der Waals surface area contributed by atoms with Gasteiger partial charge in [0.05, 0.1) is 24.1 Å². The van der Waals surface area contributed by atoms with Crippen LogP contribution in [0.3, 0.4) is 0 Å². The Kier molecular flexibility index (Phi) is 4.66. The van der Waals surface area contributed by atoms with Crippen molar-refractivity contribution in [2.24, 2.45) is 0 Å². The van der Waals surface area contributed by atoms with Gasteiger partial charge in [-0.1, -0.05) is 0 Å². The zero-order valence-corrected chi connectivity index (χ0v) is 14.1. The number of rotatable bonds is 6. The van der Waals surface area contributed by atoms with Crippen molar-refractivity contribution in [3.05, 3.63) is 56.6 Å². The Labute approximate surface area is 151 Å². The van der Waals surface area contributed by atoms with Crippen molar-refractivity contribution in [3.63, 3.8) is 0 Å². The summed E-state index contributed by atoms with van der Waals surface area (Å²) in [4.78, 5) is 21.1. The predicted molar refractivity (Wildman–Crippen MR) is 91.6 cm³/mol. The Balaban J connectivity index is 2.01. The van der Waals surface area contributed by atoms with Crippen molar-refractivity contribution in [2.75, 3.05) is 14.2 Å². The third kappa shape index (κ3) is 3.38. The first-order chi connectivity index (χ1) is 12.9. The predicted octanol–water partition coefficient (Wildman–Crippen LogP) is 3.24. The van der Waals surface area contributed by atoms with Crippen molar-refractivity contribution in [3.8, 4) is 34.4 Å². The van der Waals surface area contributed by atoms with E-state index >= 15 is 0 Å². The van der Waals surface area contributed by atoms with E-state index in [1.165, 1.54) is 50.6 Å². The molecule has 0 unspecified atom stereocenters. The molecular weight excluding hydrogens is 360 g/mol. The number of ether oxygens (including phenoxy) is 2. The molecule has 27 heavy (non-hydrogen) atoms. The maximum Gasteiger partial charge on any atom is 0.311 e. The minimum absolute atomic E-state index is 0.0224. The molecule has 1 aromatic heterocycles. The summed E-state index contributed by atoms with van der Waals surface area (Å²) >= 11 is 0. The van der Waals surface area contributed by atoms with Gasteiger partial charge in [-0.15, -0.1) is 10.2 Å². The fourth-order valence-electron chi connectivity index (χ4n) is 2.39. The van der Waals surface area contributed by atoms with Crippen molar-refractivity contribution in [1.29, 1.82) is 0 Å². The number of aromatic nitrogens is 2. The summed E-state index contributed by atoms with van der Waals surface area (Å²) in [5, 5.41) is 30.0. The van der Waals surface area contributed by atoms with Crippen molar-refractivity contribution < 1.29 is 23.7 Å². The maximum atomic E-state index is 11.1. The second kappa shape index (κ2) is 7.07. The van der Waals surface area contributed by atoms with Gasteiger partial charge in [-0.05, 0) is 24.3 Å². The summed E-state index contributed by atoms with van der Waals surface area (Å²) in [6, 6.07) is 8.36. The molecule has 0 atom stereocenters. The average molecular weight is 372 g/mol. The molecule has 11 nitrogen and oxygen atoms in total. The molecule has 0 radical (unpaired) electrons. The first kappa shape index (κ1) is 17.8. The normalized spacial score (nSPS) is 10.4. The molecule has 2 aromatic carbocycles. The third-order valence-corrected chi connectivity index (χ3v) is 3.67. The van der Waals surface area contributed by atoms with E-state index in [9.17, 15) is 20.2 Å². The number of nitrogens with zero attached hydrogens (tertiary/aromatic N) is 4. The molecular formula is C16H12N4O7. The lowest BCUT2D eigenvalue weighted by Gasteiger charge is -2.03. The molecule has 11 heteroatoms. The minimum atomic E-state index is -0.591. The van der Waals surface area contributed by atoms with Gasteiger partial charge in [0, 0.05) is 23.3 Å². The van der Waals surface area contributed by atoms with E-state index in [0.29, 0.717) is 11.1 Å². The lowest BCUT2D eigenvalue weighted by molar-refractivity contribution is -0.385. The fraction of sp³-hybridized carbons (Fsp3) is 0.125. The molecule has 0 bridgehead atoms. The van der Waals surface area contributed by atoms with Crippen LogP contribution in [0.15, 0.2) is 40.8 Å². The minimum Gasteiger partial charge on any atom is -0.490 e. The van der Waals surface area contributed by atoms with Gasteiger partial charge in [-0.2, -0.15) is 0 Å². The second-order valence-electron chi connectivity index (χ2n) is 5.20. The van der Waals surface area contributed by atoms with Gasteiger partial charge in [0.15, 0.2) is 11.5 Å². The zero-order valence-electron chi connectivity index (χ0n) is 14.1. The number of hydrogen-bond donors (Lipinski definition) is 0. The quantitative estimate of drug-likeness (QED) is 0.470. The Morgan fingerprint density at radius 3 is 1.56 bits per heavy atom. The molecule has 3 rings (SSSR count). The zero-order chi connectivity index (χ0) is 19.6. The summed E-state index contributed by atoms with van der Waals surface area (Å²) in [6.45, 7) is 0. The van der Waals surface area contributed by atoms with Gasteiger partial charge in [-0.25, -0.2) is 0 Å². The van der Waals surface area contributed by atoms with E-state index in [0.717, 1.165) is 0 Å². The molecule has 0 aliphatic carbocycles. The second-order valence-corrected chi connectivity index (χ2v) is 5.20. The summed E-state index contributed by atoms with van der Waals surface area (Å²) in [7, 11) is 2.65. The monoisotopic (exact) mass is 372 g/mol. The van der Waals surface area contributed by atoms with Crippen LogP contribution in [0, 0.1) is 20.2 Å². The maximum absolute atomic E-state index is 11.1. The Bertz CT molecular complexity index is 951. The highest BCUT2D eigenvalue weighted by atomic mass is 16.6. The number of hydrogen-bond acceptors (Lipinski definition) is 9. The van der Waals surface area contributed by atoms with Gasteiger partial charge >= 0.3 is 11.4 Å². The standard InChI is InChI=1S/C16H12N4O7/c1-25-13-5-3-9(7-11(13)19(21)22)15-17-18-16(27-15)10-4-6-14(26-2)12(8-10)20(23)24/h3-8H,1-2H3. The molecule has 0 N–H and O–H groups in total. The topological polar surface area (TPSA) is 144 Å². The van der Waals surface area contributed by atoms with Gasteiger partial charge in [0.2, 0.25) is 11.8 Å². The summed E-state index contributed by atoms with van der Waals surface area (Å²) in [5.41, 5.74) is 0.109. The van der Waals surface area contributed by atoms with Crippen LogP contribution in [0.2, 0.25) is 0 Å². The number of nitro groups is 2. The summed E-state index contributed by atoms with van der Waals surface area (Å²) in [6.07, 6.45) is 0. The van der Waals surface area contributed by atoms with Gasteiger partial charge in [-0.3, -0.25) is 20.2 Å². The van der Waals surface area contributed by atoms with Crippen molar-refractivity contribution >= 4 is 11.4 Å². The molecule has 0 fully saturated rings. The number of methoxy groups -OCH3 is 2. The molecule has 0 spiro atoms. The summed E-state index contributed by atoms with van der Waals surface area (Å²) in [5.74, 6) is 0.229. The van der Waals surface area contributed by atoms with E-state index in [-0.39, 0.29) is 34.7 Å². The van der Waals surface area contributed by atoms with Gasteiger partial charge in [0.25, 0.3) is 0 Å². The number of benzene rings is 2. The van der Waals surface area contributed by atoms with Crippen LogP contribution in [-0.2, 0) is 0 Å². The Hall–Kier alpha value is -4.02. The molecule has 0 saturated heterocycles. The Morgan fingerprint density at radius 1 is 0.815 bits per heavy atom. The molecule has 0 saturated carbocycles. The van der Waals surface area contributed by atoms with Crippen LogP contribution in [0.5, 0.6) is 11.5 Å². The molecule has 1 heterocycles. The molecule has 3 aromatic rings. The van der Waals surface area contributed by atoms with Gasteiger partial charge in [0.1, 0.15) is 0 Å². The molecule has 0 aliphatic rings. The SMILES string of the molecule is COc1ccc(-c2nnc(-c3ccc(OC)c([N+](=O)[O-])c3)o2)cc1[N+](=O)[O-]. The van der Waals surface area contributed by atoms with E-state index < -0.39 is 9.85 Å². The van der Waals surface area contributed by atoms with Crippen LogP contribution in [0.1, 0.15) is 0 Å². The van der Waals surface area contributed by atoms with E-state index in [2.05, 4.69) is 10.2 Å². The smallest absolute Gasteiger partial charge is 0.311 e. The first-order valence-corrected chi connectivity index (χ1v) is 7.43. The first-order valence-electron chi connectivity index (χ1n) is 7.43. The third-order valence-electron chi connectivity index (χ3n) is 3.67. The van der Waals surface area contributed by atoms with Crippen LogP contribution in [0.4, 0.5) is 11.4 Å². The van der Waals surface area contributed by atoms with Gasteiger partial charge < -0.3 is 13.9 Å². The largest absolute Gasteiger partial charge is 0.490 e. The highest BCUT2D eigenvalue weighted by Crippen LogP contribution is 2.34. The lowest BCUT2D eigenvalue weighted by atomic mass is 10.2.